The summed E-state index contributed by atoms with van der Waals surface area (Å²) in [6, 6.07) is 14.2. The molecule has 0 spiro atoms. The average molecular weight is 286 g/mol. The summed E-state index contributed by atoms with van der Waals surface area (Å²) >= 11 is 0. The number of carboxylic acids is 1. The number of carboxylic acid groups (broad SMARTS) is 1. The van der Waals surface area contributed by atoms with E-state index in [1.165, 1.54) is 18.2 Å². The van der Waals surface area contributed by atoms with Crippen molar-refractivity contribution < 1.29 is 14.8 Å². The van der Waals surface area contributed by atoms with Gasteiger partial charge >= 0.3 is 5.97 Å². The second-order valence-corrected chi connectivity index (χ2v) is 4.50. The zero-order valence-electron chi connectivity index (χ0n) is 11.1. The molecular weight excluding hydrogens is 272 g/mol. The van der Waals surface area contributed by atoms with Gasteiger partial charge in [0, 0.05) is 12.5 Å². The Labute approximate surface area is 121 Å². The van der Waals surface area contributed by atoms with Gasteiger partial charge in [0.2, 0.25) is 0 Å². The zero-order valence-corrected chi connectivity index (χ0v) is 11.1. The van der Waals surface area contributed by atoms with E-state index in [4.69, 9.17) is 0 Å². The standard InChI is InChI=1S/C15H14N2O4/c18-15(19)13(10-11-6-2-1-3-7-11)16-12-8-4-5-9-14(12)17(20)21/h1-9,13,16H,10H2,(H,18,19). The second kappa shape index (κ2) is 6.51. The van der Waals surface area contributed by atoms with Gasteiger partial charge in [-0.3, -0.25) is 10.1 Å². The van der Waals surface area contributed by atoms with Crippen molar-refractivity contribution in [2.45, 2.75) is 12.5 Å². The average Bonchev–Trinajstić information content (AvgIpc) is 2.48. The molecule has 0 bridgehead atoms. The molecule has 0 saturated heterocycles. The molecule has 1 atom stereocenters. The lowest BCUT2D eigenvalue weighted by Crippen LogP contribution is -2.31. The molecule has 0 aliphatic rings. The minimum atomic E-state index is -1.06. The minimum Gasteiger partial charge on any atom is -0.480 e. The van der Waals surface area contributed by atoms with Gasteiger partial charge in [-0.25, -0.2) is 4.79 Å². The monoisotopic (exact) mass is 286 g/mol. The van der Waals surface area contributed by atoms with Gasteiger partial charge in [0.05, 0.1) is 4.92 Å². The third kappa shape index (κ3) is 3.79. The van der Waals surface area contributed by atoms with E-state index in [-0.39, 0.29) is 17.8 Å². The molecule has 108 valence electrons. The van der Waals surface area contributed by atoms with Crippen LogP contribution in [-0.2, 0) is 11.2 Å². The number of para-hydroxylation sites is 2. The number of nitrogens with zero attached hydrogens (tertiary/aromatic N) is 1. The molecule has 0 saturated carbocycles. The summed E-state index contributed by atoms with van der Waals surface area (Å²) in [5.74, 6) is -1.06. The van der Waals surface area contributed by atoms with E-state index in [1.54, 1.807) is 6.07 Å². The molecule has 0 aliphatic heterocycles. The van der Waals surface area contributed by atoms with Gasteiger partial charge in [0.25, 0.3) is 5.69 Å². The van der Waals surface area contributed by atoms with Crippen molar-refractivity contribution in [2.24, 2.45) is 0 Å². The van der Waals surface area contributed by atoms with Crippen molar-refractivity contribution in [3.05, 3.63) is 70.3 Å². The fourth-order valence-electron chi connectivity index (χ4n) is 1.99. The highest BCUT2D eigenvalue weighted by molar-refractivity contribution is 5.79. The molecule has 2 rings (SSSR count). The molecule has 21 heavy (non-hydrogen) atoms. The Balaban J connectivity index is 2.21. The number of carbonyl (C=O) groups is 1. The van der Waals surface area contributed by atoms with Crippen molar-refractivity contribution >= 4 is 17.3 Å². The number of rotatable bonds is 6. The van der Waals surface area contributed by atoms with Crippen LogP contribution in [0.2, 0.25) is 0 Å². The molecule has 0 radical (unpaired) electrons. The Morgan fingerprint density at radius 2 is 1.76 bits per heavy atom. The number of benzene rings is 2. The van der Waals surface area contributed by atoms with Crippen LogP contribution in [0.4, 0.5) is 11.4 Å². The smallest absolute Gasteiger partial charge is 0.326 e. The highest BCUT2D eigenvalue weighted by Crippen LogP contribution is 2.24. The molecule has 0 heterocycles. The summed E-state index contributed by atoms with van der Waals surface area (Å²) in [6.45, 7) is 0. The Morgan fingerprint density at radius 1 is 1.14 bits per heavy atom. The molecule has 2 aromatic carbocycles. The molecular formula is C15H14N2O4. The van der Waals surface area contributed by atoms with Crippen LogP contribution in [0.3, 0.4) is 0 Å². The largest absolute Gasteiger partial charge is 0.480 e. The Hall–Kier alpha value is -2.89. The Bertz CT molecular complexity index is 643. The van der Waals surface area contributed by atoms with Crippen molar-refractivity contribution in [3.63, 3.8) is 0 Å². The minimum absolute atomic E-state index is 0.142. The van der Waals surface area contributed by atoms with E-state index in [2.05, 4.69) is 5.32 Å². The first-order chi connectivity index (χ1) is 10.1. The van der Waals surface area contributed by atoms with Crippen LogP contribution in [0.25, 0.3) is 0 Å². The van der Waals surface area contributed by atoms with E-state index in [9.17, 15) is 20.0 Å². The highest BCUT2D eigenvalue weighted by atomic mass is 16.6. The first-order valence-electron chi connectivity index (χ1n) is 6.34. The quantitative estimate of drug-likeness (QED) is 0.629. The number of nitro benzene ring substituents is 1. The van der Waals surface area contributed by atoms with Gasteiger partial charge in [-0.1, -0.05) is 42.5 Å². The van der Waals surface area contributed by atoms with E-state index in [1.807, 2.05) is 30.3 Å². The summed E-state index contributed by atoms with van der Waals surface area (Å²) in [5, 5.41) is 23.0. The summed E-state index contributed by atoms with van der Waals surface area (Å²) in [6.07, 6.45) is 0.238. The number of hydrogen-bond acceptors (Lipinski definition) is 4. The van der Waals surface area contributed by atoms with Crippen LogP contribution < -0.4 is 5.32 Å². The number of aliphatic carboxylic acids is 1. The highest BCUT2D eigenvalue weighted by Gasteiger charge is 2.21. The molecule has 0 amide bonds. The first-order valence-corrected chi connectivity index (χ1v) is 6.34. The fourth-order valence-corrected chi connectivity index (χ4v) is 1.99. The van der Waals surface area contributed by atoms with Crippen LogP contribution in [0, 0.1) is 10.1 Å². The van der Waals surface area contributed by atoms with Crippen molar-refractivity contribution in [3.8, 4) is 0 Å². The molecule has 2 aromatic rings. The SMILES string of the molecule is O=C(O)C(Cc1ccccc1)Nc1ccccc1[N+](=O)[O-]. The van der Waals surface area contributed by atoms with Gasteiger partial charge in [-0.15, -0.1) is 0 Å². The van der Waals surface area contributed by atoms with Gasteiger partial charge in [-0.05, 0) is 11.6 Å². The number of anilines is 1. The predicted octanol–water partition coefficient (Wildman–Crippen LogP) is 2.70. The van der Waals surface area contributed by atoms with Crippen molar-refractivity contribution in [2.75, 3.05) is 5.32 Å². The molecule has 0 aliphatic carbocycles. The summed E-state index contributed by atoms with van der Waals surface area (Å²) in [5.41, 5.74) is 0.902. The predicted molar refractivity (Wildman–Crippen MR) is 78.3 cm³/mol. The lowest BCUT2D eigenvalue weighted by molar-refractivity contribution is -0.384. The molecule has 0 aromatic heterocycles. The molecule has 2 N–H and O–H groups in total. The van der Waals surface area contributed by atoms with Crippen LogP contribution >= 0.6 is 0 Å². The Kier molecular flexibility index (Phi) is 4.50. The molecule has 6 heteroatoms. The van der Waals surface area contributed by atoms with Gasteiger partial charge in [0.1, 0.15) is 11.7 Å². The summed E-state index contributed by atoms with van der Waals surface area (Å²) in [4.78, 5) is 21.8. The topological polar surface area (TPSA) is 92.5 Å². The number of hydrogen-bond donors (Lipinski definition) is 2. The van der Waals surface area contributed by atoms with E-state index < -0.39 is 16.9 Å². The maximum absolute atomic E-state index is 11.4. The van der Waals surface area contributed by atoms with E-state index in [0.717, 1.165) is 5.56 Å². The van der Waals surface area contributed by atoms with Gasteiger partial charge in [-0.2, -0.15) is 0 Å². The maximum atomic E-state index is 11.4. The zero-order chi connectivity index (χ0) is 15.2. The first kappa shape index (κ1) is 14.5. The van der Waals surface area contributed by atoms with Crippen LogP contribution in [0.15, 0.2) is 54.6 Å². The molecule has 1 unspecified atom stereocenters. The normalized spacial score (nSPS) is 11.6. The Morgan fingerprint density at radius 3 is 2.38 bits per heavy atom. The third-order valence-corrected chi connectivity index (χ3v) is 3.01. The van der Waals surface area contributed by atoms with Crippen LogP contribution in [0.5, 0.6) is 0 Å². The van der Waals surface area contributed by atoms with Gasteiger partial charge < -0.3 is 10.4 Å². The lowest BCUT2D eigenvalue weighted by Gasteiger charge is -2.15. The molecule has 0 fully saturated rings. The van der Waals surface area contributed by atoms with Crippen LogP contribution in [-0.4, -0.2) is 22.0 Å². The van der Waals surface area contributed by atoms with E-state index >= 15 is 0 Å². The lowest BCUT2D eigenvalue weighted by atomic mass is 10.1. The number of nitro groups is 1. The third-order valence-electron chi connectivity index (χ3n) is 3.01. The van der Waals surface area contributed by atoms with Crippen LogP contribution in [0.1, 0.15) is 5.56 Å². The van der Waals surface area contributed by atoms with Crippen molar-refractivity contribution in [1.29, 1.82) is 0 Å². The fraction of sp³-hybridized carbons (Fsp3) is 0.133. The van der Waals surface area contributed by atoms with E-state index in [0.29, 0.717) is 0 Å². The maximum Gasteiger partial charge on any atom is 0.326 e. The second-order valence-electron chi connectivity index (χ2n) is 4.50. The van der Waals surface area contributed by atoms with Gasteiger partial charge in [0.15, 0.2) is 0 Å². The summed E-state index contributed by atoms with van der Waals surface area (Å²) < 4.78 is 0. The number of nitrogens with one attached hydrogen (secondary N) is 1. The van der Waals surface area contributed by atoms with Crippen molar-refractivity contribution in [1.82, 2.24) is 0 Å². The summed E-state index contributed by atoms with van der Waals surface area (Å²) in [7, 11) is 0. The molecule has 6 nitrogen and oxygen atoms in total.